The van der Waals surface area contributed by atoms with Crippen molar-refractivity contribution in [2.75, 3.05) is 13.2 Å². The largest absolute Gasteiger partial charge is 0.463 e. The Morgan fingerprint density at radius 2 is 0.619 bits per heavy atom. The zero-order valence-electron chi connectivity index (χ0n) is 42.7. The fourth-order valence-corrected chi connectivity index (χ4v) is 9.42. The second kappa shape index (κ2) is 50.1. The lowest BCUT2D eigenvalue weighted by Crippen LogP contribution is -2.23. The van der Waals surface area contributed by atoms with Gasteiger partial charge in [-0.15, -0.1) is 0 Å². The SMILES string of the molecule is CCCCCCCCCCCCCCCCCC(=O)C(CCCCCCCCCC)CCCC(CCC(=O)OCC(O)CO)C(=O)CCCCCCCCCCCCCCCCC. The molecule has 0 aliphatic carbocycles. The molecule has 0 fully saturated rings. The third-order valence-electron chi connectivity index (χ3n) is 13.8. The van der Waals surface area contributed by atoms with Gasteiger partial charge in [-0.1, -0.05) is 258 Å². The van der Waals surface area contributed by atoms with E-state index >= 15 is 0 Å². The van der Waals surface area contributed by atoms with Gasteiger partial charge in [-0.2, -0.15) is 0 Å². The fraction of sp³-hybridized carbons (Fsp3) is 0.947. The highest BCUT2D eigenvalue weighted by molar-refractivity contribution is 5.82. The molecule has 0 spiro atoms. The van der Waals surface area contributed by atoms with E-state index in [0.29, 0.717) is 31.5 Å². The van der Waals surface area contributed by atoms with Gasteiger partial charge in [0.15, 0.2) is 0 Å². The molecule has 6 nitrogen and oxygen atoms in total. The molecule has 0 heterocycles. The summed E-state index contributed by atoms with van der Waals surface area (Å²) < 4.78 is 5.18. The summed E-state index contributed by atoms with van der Waals surface area (Å²) in [6, 6.07) is 0. The number of carbonyl (C=O) groups excluding carboxylic acids is 3. The van der Waals surface area contributed by atoms with E-state index in [0.717, 1.165) is 51.4 Å². The third kappa shape index (κ3) is 44.3. The lowest BCUT2D eigenvalue weighted by molar-refractivity contribution is -0.147. The lowest BCUT2D eigenvalue weighted by Gasteiger charge is -2.19. The molecule has 0 aromatic carbocycles. The zero-order chi connectivity index (χ0) is 46.1. The summed E-state index contributed by atoms with van der Waals surface area (Å²) in [5, 5.41) is 18.7. The van der Waals surface area contributed by atoms with Crippen LogP contribution in [0.15, 0.2) is 0 Å². The molecule has 3 unspecified atom stereocenters. The van der Waals surface area contributed by atoms with E-state index in [1.54, 1.807) is 0 Å². The van der Waals surface area contributed by atoms with E-state index < -0.39 is 18.7 Å². The number of hydrogen-bond donors (Lipinski definition) is 2. The van der Waals surface area contributed by atoms with E-state index in [4.69, 9.17) is 9.84 Å². The Kier molecular flexibility index (Phi) is 49.1. The van der Waals surface area contributed by atoms with E-state index in [2.05, 4.69) is 20.8 Å². The average Bonchev–Trinajstić information content (AvgIpc) is 3.29. The minimum Gasteiger partial charge on any atom is -0.463 e. The van der Waals surface area contributed by atoms with Crippen molar-refractivity contribution in [3.8, 4) is 0 Å². The molecular formula is C57H110O6. The van der Waals surface area contributed by atoms with Crippen LogP contribution in [-0.4, -0.2) is 47.1 Å². The van der Waals surface area contributed by atoms with Crippen LogP contribution in [0.1, 0.15) is 316 Å². The van der Waals surface area contributed by atoms with Crippen LogP contribution in [0.2, 0.25) is 0 Å². The van der Waals surface area contributed by atoms with Gasteiger partial charge in [0.1, 0.15) is 24.3 Å². The number of ketones is 2. The van der Waals surface area contributed by atoms with Crippen LogP contribution in [0.3, 0.4) is 0 Å². The summed E-state index contributed by atoms with van der Waals surface area (Å²) in [6.45, 7) is 6.14. The molecule has 6 heteroatoms. The van der Waals surface area contributed by atoms with Gasteiger partial charge in [-0.05, 0) is 38.5 Å². The van der Waals surface area contributed by atoms with Crippen LogP contribution in [0, 0.1) is 11.8 Å². The second-order valence-electron chi connectivity index (χ2n) is 20.0. The van der Waals surface area contributed by atoms with E-state index in [9.17, 15) is 19.5 Å². The fourth-order valence-electron chi connectivity index (χ4n) is 9.42. The summed E-state index contributed by atoms with van der Waals surface area (Å²) in [4.78, 5) is 39.8. The van der Waals surface area contributed by atoms with Gasteiger partial charge in [0, 0.05) is 31.1 Å². The first-order valence-corrected chi connectivity index (χ1v) is 28.4. The van der Waals surface area contributed by atoms with Gasteiger partial charge in [0.25, 0.3) is 0 Å². The highest BCUT2D eigenvalue weighted by atomic mass is 16.5. The van der Waals surface area contributed by atoms with E-state index in [-0.39, 0.29) is 30.6 Å². The van der Waals surface area contributed by atoms with Crippen molar-refractivity contribution < 1.29 is 29.3 Å². The number of aliphatic hydroxyl groups excluding tert-OH is 2. The molecule has 374 valence electrons. The molecule has 3 atom stereocenters. The Morgan fingerprint density at radius 1 is 0.349 bits per heavy atom. The predicted molar refractivity (Wildman–Crippen MR) is 270 cm³/mol. The average molecular weight is 892 g/mol. The van der Waals surface area contributed by atoms with Crippen LogP contribution in [0.25, 0.3) is 0 Å². The monoisotopic (exact) mass is 891 g/mol. The van der Waals surface area contributed by atoms with Gasteiger partial charge in [-0.3, -0.25) is 14.4 Å². The predicted octanol–water partition coefficient (Wildman–Crippen LogP) is 17.3. The Labute approximate surface area is 392 Å². The van der Waals surface area contributed by atoms with Crippen molar-refractivity contribution in [1.29, 1.82) is 0 Å². The minimum atomic E-state index is -1.08. The summed E-state index contributed by atoms with van der Waals surface area (Å²) in [5.74, 6) is 0.115. The molecule has 0 aliphatic rings. The Morgan fingerprint density at radius 3 is 0.937 bits per heavy atom. The molecule has 0 rings (SSSR count). The molecule has 0 amide bonds. The number of Topliss-reactive ketones (excluding diaryl/α,β-unsaturated/α-hetero) is 2. The molecule has 0 aromatic rings. The zero-order valence-corrected chi connectivity index (χ0v) is 42.7. The Bertz CT molecular complexity index is 966. The molecule has 2 N–H and O–H groups in total. The van der Waals surface area contributed by atoms with Crippen molar-refractivity contribution in [3.63, 3.8) is 0 Å². The number of ether oxygens (including phenoxy) is 1. The molecule has 63 heavy (non-hydrogen) atoms. The van der Waals surface area contributed by atoms with Crippen LogP contribution in [0.4, 0.5) is 0 Å². The van der Waals surface area contributed by atoms with E-state index in [1.165, 1.54) is 212 Å². The molecule has 0 radical (unpaired) electrons. The third-order valence-corrected chi connectivity index (χ3v) is 13.8. The highest BCUT2D eigenvalue weighted by Crippen LogP contribution is 2.26. The number of hydrogen-bond acceptors (Lipinski definition) is 6. The van der Waals surface area contributed by atoms with Crippen LogP contribution in [-0.2, 0) is 19.1 Å². The standard InChI is InChI=1S/C57H110O6/c1-4-7-10-13-16-19-21-23-25-27-29-31-34-37-40-46-55(60)52(43-39-36-33-18-15-12-9-6-3)44-42-45-53(48-49-57(62)63-51-54(59)50-58)56(61)47-41-38-35-32-30-28-26-24-22-20-17-14-11-8-5-2/h52-54,58-59H,4-51H2,1-3H3. The van der Waals surface area contributed by atoms with E-state index in [1.807, 2.05) is 0 Å². The Hall–Kier alpha value is -1.27. The maximum absolute atomic E-state index is 13.7. The maximum atomic E-state index is 13.7. The van der Waals surface area contributed by atoms with Crippen molar-refractivity contribution in [3.05, 3.63) is 0 Å². The molecule has 0 aliphatic heterocycles. The first-order chi connectivity index (χ1) is 30.9. The van der Waals surface area contributed by atoms with Crippen molar-refractivity contribution in [2.45, 2.75) is 322 Å². The smallest absolute Gasteiger partial charge is 0.305 e. The topological polar surface area (TPSA) is 101 Å². The van der Waals surface area contributed by atoms with Crippen molar-refractivity contribution >= 4 is 17.5 Å². The summed E-state index contributed by atoms with van der Waals surface area (Å²) in [7, 11) is 0. The highest BCUT2D eigenvalue weighted by Gasteiger charge is 2.23. The molecule has 0 bridgehead atoms. The quantitative estimate of drug-likeness (QED) is 0.0466. The number of rotatable bonds is 53. The molecule has 0 aromatic heterocycles. The van der Waals surface area contributed by atoms with Crippen LogP contribution >= 0.6 is 0 Å². The minimum absolute atomic E-state index is 0.0768. The van der Waals surface area contributed by atoms with Crippen molar-refractivity contribution in [1.82, 2.24) is 0 Å². The normalized spacial score (nSPS) is 13.0. The second-order valence-corrected chi connectivity index (χ2v) is 20.0. The maximum Gasteiger partial charge on any atom is 0.305 e. The number of aliphatic hydroxyl groups is 2. The first-order valence-electron chi connectivity index (χ1n) is 28.4. The van der Waals surface area contributed by atoms with Gasteiger partial charge < -0.3 is 14.9 Å². The molecule has 0 saturated carbocycles. The summed E-state index contributed by atoms with van der Waals surface area (Å²) in [5.41, 5.74) is 0. The summed E-state index contributed by atoms with van der Waals surface area (Å²) >= 11 is 0. The first kappa shape index (κ1) is 61.7. The van der Waals surface area contributed by atoms with Gasteiger partial charge in [0.2, 0.25) is 0 Å². The Balaban J connectivity index is 4.85. The van der Waals surface area contributed by atoms with Crippen LogP contribution < -0.4 is 0 Å². The molecular weight excluding hydrogens is 781 g/mol. The molecule has 0 saturated heterocycles. The van der Waals surface area contributed by atoms with Gasteiger partial charge in [-0.25, -0.2) is 0 Å². The van der Waals surface area contributed by atoms with Crippen molar-refractivity contribution in [2.24, 2.45) is 11.8 Å². The van der Waals surface area contributed by atoms with Gasteiger partial charge in [0.05, 0.1) is 6.61 Å². The number of unbranched alkanes of at least 4 members (excludes halogenated alkanes) is 35. The number of carbonyl (C=O) groups is 3. The lowest BCUT2D eigenvalue weighted by atomic mass is 9.85. The summed E-state index contributed by atoms with van der Waals surface area (Å²) in [6.07, 6.45) is 53.5. The van der Waals surface area contributed by atoms with Gasteiger partial charge >= 0.3 is 5.97 Å². The number of esters is 1. The van der Waals surface area contributed by atoms with Crippen LogP contribution in [0.5, 0.6) is 0 Å².